The van der Waals surface area contributed by atoms with Gasteiger partial charge in [0.1, 0.15) is 0 Å². The third-order valence-corrected chi connectivity index (χ3v) is 2.57. The van der Waals surface area contributed by atoms with Crippen LogP contribution in [-0.2, 0) is 4.79 Å². The van der Waals surface area contributed by atoms with Crippen molar-refractivity contribution in [3.05, 3.63) is 49.1 Å². The van der Waals surface area contributed by atoms with Gasteiger partial charge in [-0.15, -0.1) is 13.2 Å². The number of nitrogens with one attached hydrogen (secondary N) is 1. The van der Waals surface area contributed by atoms with Gasteiger partial charge >= 0.3 is 0 Å². The highest BCUT2D eigenvalue weighted by Crippen LogP contribution is 2.24. The molecule has 0 spiro atoms. The van der Waals surface area contributed by atoms with E-state index < -0.39 is 0 Å². The molecule has 0 aliphatic heterocycles. The lowest BCUT2D eigenvalue weighted by Crippen LogP contribution is -2.24. The van der Waals surface area contributed by atoms with Crippen molar-refractivity contribution in [1.29, 1.82) is 0 Å². The lowest BCUT2D eigenvalue weighted by atomic mass is 10.1. The SMILES string of the molecule is C=CCN(CC=C)c1cc(NC(C)=O)ccc1C. The summed E-state index contributed by atoms with van der Waals surface area (Å²) in [5.41, 5.74) is 3.05. The number of carbonyl (C=O) groups is 1. The van der Waals surface area contributed by atoms with Gasteiger partial charge in [-0.3, -0.25) is 4.79 Å². The van der Waals surface area contributed by atoms with E-state index in [1.807, 2.05) is 37.3 Å². The number of carbonyl (C=O) groups excluding carboxylic acids is 1. The minimum Gasteiger partial charge on any atom is -0.364 e. The van der Waals surface area contributed by atoms with Gasteiger partial charge in [0, 0.05) is 31.4 Å². The topological polar surface area (TPSA) is 32.3 Å². The van der Waals surface area contributed by atoms with Gasteiger partial charge in [-0.2, -0.15) is 0 Å². The van der Waals surface area contributed by atoms with Crippen LogP contribution < -0.4 is 10.2 Å². The molecule has 0 saturated heterocycles. The zero-order chi connectivity index (χ0) is 13.5. The van der Waals surface area contributed by atoms with Gasteiger partial charge in [0.15, 0.2) is 0 Å². The molecule has 3 nitrogen and oxygen atoms in total. The number of rotatable bonds is 6. The minimum atomic E-state index is -0.0659. The van der Waals surface area contributed by atoms with Crippen LogP contribution in [0.2, 0.25) is 0 Å². The van der Waals surface area contributed by atoms with E-state index in [2.05, 4.69) is 23.4 Å². The van der Waals surface area contributed by atoms with E-state index in [-0.39, 0.29) is 5.91 Å². The maximum Gasteiger partial charge on any atom is 0.221 e. The molecule has 0 radical (unpaired) electrons. The van der Waals surface area contributed by atoms with Crippen molar-refractivity contribution < 1.29 is 4.79 Å². The highest BCUT2D eigenvalue weighted by Gasteiger charge is 2.08. The largest absolute Gasteiger partial charge is 0.364 e. The van der Waals surface area contributed by atoms with Gasteiger partial charge in [0.2, 0.25) is 5.91 Å². The molecule has 0 heterocycles. The zero-order valence-corrected chi connectivity index (χ0v) is 11.1. The van der Waals surface area contributed by atoms with Gasteiger partial charge < -0.3 is 10.2 Å². The number of benzene rings is 1. The Kier molecular flexibility index (Phi) is 5.18. The molecular formula is C15H20N2O. The van der Waals surface area contributed by atoms with E-state index in [1.165, 1.54) is 6.92 Å². The monoisotopic (exact) mass is 244 g/mol. The molecule has 0 unspecified atom stereocenters. The third kappa shape index (κ3) is 3.77. The maximum absolute atomic E-state index is 11.1. The van der Waals surface area contributed by atoms with E-state index in [4.69, 9.17) is 0 Å². The first-order valence-corrected chi connectivity index (χ1v) is 5.93. The van der Waals surface area contributed by atoms with Crippen LogP contribution in [0.4, 0.5) is 11.4 Å². The summed E-state index contributed by atoms with van der Waals surface area (Å²) in [5.74, 6) is -0.0659. The first-order valence-electron chi connectivity index (χ1n) is 5.93. The summed E-state index contributed by atoms with van der Waals surface area (Å²) in [7, 11) is 0. The van der Waals surface area contributed by atoms with E-state index in [0.29, 0.717) is 0 Å². The van der Waals surface area contributed by atoms with Crippen LogP contribution in [0.1, 0.15) is 12.5 Å². The number of hydrogen-bond donors (Lipinski definition) is 1. The molecule has 0 atom stereocenters. The quantitative estimate of drug-likeness (QED) is 0.780. The second kappa shape index (κ2) is 6.64. The summed E-state index contributed by atoms with van der Waals surface area (Å²) in [6.45, 7) is 12.6. The smallest absolute Gasteiger partial charge is 0.221 e. The Morgan fingerprint density at radius 3 is 2.44 bits per heavy atom. The summed E-state index contributed by atoms with van der Waals surface area (Å²) in [6, 6.07) is 5.88. The van der Waals surface area contributed by atoms with Crippen molar-refractivity contribution in [2.75, 3.05) is 23.3 Å². The molecular weight excluding hydrogens is 224 g/mol. The molecule has 0 bridgehead atoms. The zero-order valence-electron chi connectivity index (χ0n) is 11.1. The van der Waals surface area contributed by atoms with Crippen LogP contribution in [0.3, 0.4) is 0 Å². The van der Waals surface area contributed by atoms with E-state index >= 15 is 0 Å². The van der Waals surface area contributed by atoms with Crippen LogP contribution in [0.25, 0.3) is 0 Å². The normalized spacial score (nSPS) is 9.67. The average molecular weight is 244 g/mol. The number of amides is 1. The van der Waals surface area contributed by atoms with Gasteiger partial charge in [0.25, 0.3) is 0 Å². The minimum absolute atomic E-state index is 0.0659. The summed E-state index contributed by atoms with van der Waals surface area (Å²) >= 11 is 0. The predicted octanol–water partition coefficient (Wildman–Crippen LogP) is 3.13. The fraction of sp³-hybridized carbons (Fsp3) is 0.267. The summed E-state index contributed by atoms with van der Waals surface area (Å²) < 4.78 is 0. The molecule has 1 aromatic rings. The van der Waals surface area contributed by atoms with Crippen molar-refractivity contribution in [2.45, 2.75) is 13.8 Å². The third-order valence-electron chi connectivity index (χ3n) is 2.57. The molecule has 0 saturated carbocycles. The number of aryl methyl sites for hydroxylation is 1. The summed E-state index contributed by atoms with van der Waals surface area (Å²) in [6.07, 6.45) is 3.71. The van der Waals surface area contributed by atoms with Crippen molar-refractivity contribution in [2.24, 2.45) is 0 Å². The number of nitrogens with zero attached hydrogens (tertiary/aromatic N) is 1. The van der Waals surface area contributed by atoms with Crippen LogP contribution >= 0.6 is 0 Å². The van der Waals surface area contributed by atoms with Crippen LogP contribution in [0, 0.1) is 6.92 Å². The Morgan fingerprint density at radius 1 is 1.33 bits per heavy atom. The Morgan fingerprint density at radius 2 is 1.94 bits per heavy atom. The predicted molar refractivity (Wildman–Crippen MR) is 78.1 cm³/mol. The first kappa shape index (κ1) is 14.0. The van der Waals surface area contributed by atoms with Crippen LogP contribution in [-0.4, -0.2) is 19.0 Å². The molecule has 1 rings (SSSR count). The van der Waals surface area contributed by atoms with E-state index in [1.54, 1.807) is 0 Å². The van der Waals surface area contributed by atoms with Gasteiger partial charge in [-0.25, -0.2) is 0 Å². The lowest BCUT2D eigenvalue weighted by Gasteiger charge is -2.24. The molecule has 0 aliphatic rings. The highest BCUT2D eigenvalue weighted by atomic mass is 16.1. The van der Waals surface area contributed by atoms with Gasteiger partial charge in [0.05, 0.1) is 0 Å². The molecule has 0 fully saturated rings. The summed E-state index contributed by atoms with van der Waals surface area (Å²) in [5, 5.41) is 2.79. The maximum atomic E-state index is 11.1. The van der Waals surface area contributed by atoms with Crippen LogP contribution in [0.15, 0.2) is 43.5 Å². The molecule has 0 aromatic heterocycles. The molecule has 1 N–H and O–H groups in total. The first-order chi connectivity index (χ1) is 8.58. The van der Waals surface area contributed by atoms with Crippen molar-refractivity contribution in [3.63, 3.8) is 0 Å². The average Bonchev–Trinajstić information content (AvgIpc) is 2.31. The molecule has 1 amide bonds. The number of anilines is 2. The molecule has 0 aliphatic carbocycles. The Labute approximate surface area is 109 Å². The van der Waals surface area contributed by atoms with Crippen LogP contribution in [0.5, 0.6) is 0 Å². The Balaban J connectivity index is 3.06. The summed E-state index contributed by atoms with van der Waals surface area (Å²) in [4.78, 5) is 13.2. The lowest BCUT2D eigenvalue weighted by molar-refractivity contribution is -0.114. The van der Waals surface area contributed by atoms with Gasteiger partial charge in [-0.05, 0) is 24.6 Å². The van der Waals surface area contributed by atoms with Crippen molar-refractivity contribution >= 4 is 17.3 Å². The van der Waals surface area contributed by atoms with Gasteiger partial charge in [-0.1, -0.05) is 18.2 Å². The highest BCUT2D eigenvalue weighted by molar-refractivity contribution is 5.89. The fourth-order valence-electron chi connectivity index (χ4n) is 1.81. The molecule has 18 heavy (non-hydrogen) atoms. The fourth-order valence-corrected chi connectivity index (χ4v) is 1.81. The number of hydrogen-bond acceptors (Lipinski definition) is 2. The molecule has 3 heteroatoms. The Bertz CT molecular complexity index is 442. The molecule has 96 valence electrons. The van der Waals surface area contributed by atoms with E-state index in [9.17, 15) is 4.79 Å². The second-order valence-corrected chi connectivity index (χ2v) is 4.16. The standard InChI is InChI=1S/C15H20N2O/c1-5-9-17(10-6-2)15-11-14(16-13(4)18)8-7-12(15)3/h5-8,11H,1-2,9-10H2,3-4H3,(H,16,18). The van der Waals surface area contributed by atoms with Crippen molar-refractivity contribution in [1.82, 2.24) is 0 Å². The Hall–Kier alpha value is -2.03. The van der Waals surface area contributed by atoms with E-state index in [0.717, 1.165) is 30.0 Å². The van der Waals surface area contributed by atoms with Crippen molar-refractivity contribution in [3.8, 4) is 0 Å². The molecule has 1 aromatic carbocycles. The second-order valence-electron chi connectivity index (χ2n) is 4.16.